The molecule has 2 atom stereocenters. The van der Waals surface area contributed by atoms with E-state index in [0.29, 0.717) is 37.4 Å². The third-order valence-electron chi connectivity index (χ3n) is 6.38. The van der Waals surface area contributed by atoms with Crippen LogP contribution >= 0.6 is 11.6 Å². The predicted molar refractivity (Wildman–Crippen MR) is 128 cm³/mol. The quantitative estimate of drug-likeness (QED) is 0.697. The molecule has 1 saturated heterocycles. The molecule has 7 nitrogen and oxygen atoms in total. The second kappa shape index (κ2) is 9.44. The number of fused-ring (bicyclic) bond motifs is 1. The van der Waals surface area contributed by atoms with Gasteiger partial charge in [-0.1, -0.05) is 23.7 Å². The summed E-state index contributed by atoms with van der Waals surface area (Å²) < 4.78 is 28.1. The fourth-order valence-electron chi connectivity index (χ4n) is 4.71. The van der Waals surface area contributed by atoms with Gasteiger partial charge in [0.2, 0.25) is 21.8 Å². The van der Waals surface area contributed by atoms with Crippen molar-refractivity contribution in [1.29, 1.82) is 0 Å². The molecular formula is C24H28ClN3O4S. The maximum Gasteiger partial charge on any atom is 0.243 e. The minimum absolute atomic E-state index is 0.000780. The van der Waals surface area contributed by atoms with Gasteiger partial charge in [0.25, 0.3) is 0 Å². The maximum absolute atomic E-state index is 13.4. The Kier molecular flexibility index (Phi) is 6.79. The molecule has 4 rings (SSSR count). The smallest absolute Gasteiger partial charge is 0.243 e. The monoisotopic (exact) mass is 489 g/mol. The summed E-state index contributed by atoms with van der Waals surface area (Å²) in [4.78, 5) is 26.6. The number of sulfonamides is 1. The van der Waals surface area contributed by atoms with Crippen LogP contribution in [0.4, 0.5) is 5.69 Å². The van der Waals surface area contributed by atoms with Crippen LogP contribution in [0.2, 0.25) is 5.02 Å². The van der Waals surface area contributed by atoms with Crippen LogP contribution in [0.5, 0.6) is 0 Å². The molecule has 2 aliphatic heterocycles. The lowest BCUT2D eigenvalue weighted by molar-refractivity contribution is -0.126. The van der Waals surface area contributed by atoms with Gasteiger partial charge in [0.05, 0.1) is 10.8 Å². The second-order valence-electron chi connectivity index (χ2n) is 8.78. The zero-order chi connectivity index (χ0) is 23.8. The number of carbonyl (C=O) groups is 2. The normalized spacial score (nSPS) is 21.0. The number of carbonyl (C=O) groups excluding carboxylic acids is 2. The van der Waals surface area contributed by atoms with Gasteiger partial charge in [0.15, 0.2) is 0 Å². The summed E-state index contributed by atoms with van der Waals surface area (Å²) in [6.45, 7) is 4.38. The van der Waals surface area contributed by atoms with Crippen LogP contribution in [0.15, 0.2) is 47.4 Å². The third-order valence-corrected chi connectivity index (χ3v) is 8.49. The van der Waals surface area contributed by atoms with E-state index >= 15 is 0 Å². The largest absolute Gasteiger partial charge is 0.352 e. The molecule has 0 radical (unpaired) electrons. The van der Waals surface area contributed by atoms with Crippen LogP contribution in [0.3, 0.4) is 0 Å². The lowest BCUT2D eigenvalue weighted by Gasteiger charge is -2.31. The summed E-state index contributed by atoms with van der Waals surface area (Å²) in [5.41, 5.74) is 2.56. The Morgan fingerprint density at radius 1 is 1.15 bits per heavy atom. The third kappa shape index (κ3) is 4.93. The molecular weight excluding hydrogens is 462 g/mol. The zero-order valence-electron chi connectivity index (χ0n) is 18.8. The van der Waals surface area contributed by atoms with E-state index in [2.05, 4.69) is 5.32 Å². The molecule has 0 spiro atoms. The number of hydrogen-bond donors (Lipinski definition) is 1. The van der Waals surface area contributed by atoms with Crippen molar-refractivity contribution in [2.45, 2.75) is 50.6 Å². The molecule has 1 N–H and O–H groups in total. The number of amides is 2. The standard InChI is InChI=1S/C24H28ClN3O4S/c1-16-12-20-13-22(9-10-23(20)28(16)17(2)29)33(31,32)27-11-3-4-19(15-27)24(30)26-14-18-5-7-21(25)8-6-18/h5-10,13,16,19H,3-4,11-12,14-15H2,1-2H3,(H,26,30)/t16-,19-/m0/s1. The summed E-state index contributed by atoms with van der Waals surface area (Å²) in [6, 6.07) is 12.2. The molecule has 2 heterocycles. The van der Waals surface area contributed by atoms with Crippen molar-refractivity contribution in [3.63, 3.8) is 0 Å². The van der Waals surface area contributed by atoms with Crippen LogP contribution < -0.4 is 10.2 Å². The molecule has 0 bridgehead atoms. The van der Waals surface area contributed by atoms with Crippen molar-refractivity contribution in [2.75, 3.05) is 18.0 Å². The molecule has 2 aliphatic rings. The number of nitrogens with one attached hydrogen (secondary N) is 1. The Hall–Kier alpha value is -2.42. The molecule has 176 valence electrons. The van der Waals surface area contributed by atoms with Crippen LogP contribution in [0.25, 0.3) is 0 Å². The maximum atomic E-state index is 13.4. The zero-order valence-corrected chi connectivity index (χ0v) is 20.3. The molecule has 1 fully saturated rings. The average Bonchev–Trinajstić information content (AvgIpc) is 3.13. The van der Waals surface area contributed by atoms with Crippen molar-refractivity contribution in [1.82, 2.24) is 9.62 Å². The molecule has 33 heavy (non-hydrogen) atoms. The number of halogens is 1. The Labute approximate surface area is 199 Å². The highest BCUT2D eigenvalue weighted by atomic mass is 35.5. The van der Waals surface area contributed by atoms with E-state index in [4.69, 9.17) is 11.6 Å². The number of benzene rings is 2. The van der Waals surface area contributed by atoms with Crippen LogP contribution in [0, 0.1) is 5.92 Å². The van der Waals surface area contributed by atoms with E-state index in [0.717, 1.165) is 16.8 Å². The van der Waals surface area contributed by atoms with Gasteiger partial charge < -0.3 is 10.2 Å². The van der Waals surface area contributed by atoms with Gasteiger partial charge >= 0.3 is 0 Å². The van der Waals surface area contributed by atoms with Crippen LogP contribution in [0.1, 0.15) is 37.8 Å². The first-order chi connectivity index (χ1) is 15.7. The first-order valence-electron chi connectivity index (χ1n) is 11.1. The second-order valence-corrected chi connectivity index (χ2v) is 11.2. The Bertz CT molecular complexity index is 1170. The molecule has 0 unspecified atom stereocenters. The van der Waals surface area contributed by atoms with Gasteiger partial charge in [0, 0.05) is 43.3 Å². The van der Waals surface area contributed by atoms with E-state index in [1.807, 2.05) is 19.1 Å². The first-order valence-corrected chi connectivity index (χ1v) is 12.9. The molecule has 9 heteroatoms. The van der Waals surface area contributed by atoms with Gasteiger partial charge in [-0.2, -0.15) is 4.31 Å². The van der Waals surface area contributed by atoms with E-state index < -0.39 is 15.9 Å². The number of anilines is 1. The van der Waals surface area contributed by atoms with Gasteiger partial charge in [-0.15, -0.1) is 0 Å². The highest BCUT2D eigenvalue weighted by Gasteiger charge is 2.35. The van der Waals surface area contributed by atoms with E-state index in [1.54, 1.807) is 35.2 Å². The Morgan fingerprint density at radius 2 is 1.88 bits per heavy atom. The summed E-state index contributed by atoms with van der Waals surface area (Å²) in [6.07, 6.45) is 1.89. The summed E-state index contributed by atoms with van der Waals surface area (Å²) in [5.74, 6) is -0.603. The molecule has 0 aromatic heterocycles. The highest BCUT2D eigenvalue weighted by Crippen LogP contribution is 2.35. The molecule has 2 aromatic rings. The fourth-order valence-corrected chi connectivity index (χ4v) is 6.41. The summed E-state index contributed by atoms with van der Waals surface area (Å²) >= 11 is 5.90. The SMILES string of the molecule is CC(=O)N1c2ccc(S(=O)(=O)N3CCC[C@H](C(=O)NCc4ccc(Cl)cc4)C3)cc2C[C@@H]1C. The Balaban J connectivity index is 1.45. The number of rotatable bonds is 5. The summed E-state index contributed by atoms with van der Waals surface area (Å²) in [7, 11) is -3.74. The molecule has 0 saturated carbocycles. The van der Waals surface area contributed by atoms with Gasteiger partial charge in [-0.3, -0.25) is 9.59 Å². The number of hydrogen-bond acceptors (Lipinski definition) is 4. The van der Waals surface area contributed by atoms with Gasteiger partial charge in [0.1, 0.15) is 0 Å². The van der Waals surface area contributed by atoms with E-state index in [9.17, 15) is 18.0 Å². The topological polar surface area (TPSA) is 86.8 Å². The average molecular weight is 490 g/mol. The fraction of sp³-hybridized carbons (Fsp3) is 0.417. The number of nitrogens with zero attached hydrogens (tertiary/aromatic N) is 2. The van der Waals surface area contributed by atoms with Gasteiger partial charge in [-0.05, 0) is 67.6 Å². The van der Waals surface area contributed by atoms with Crippen molar-refractivity contribution >= 4 is 39.1 Å². The first kappa shape index (κ1) is 23.7. The predicted octanol–water partition coefficient (Wildman–Crippen LogP) is 3.35. The lowest BCUT2D eigenvalue weighted by atomic mass is 9.99. The van der Waals surface area contributed by atoms with Crippen LogP contribution in [-0.2, 0) is 32.6 Å². The summed E-state index contributed by atoms with van der Waals surface area (Å²) in [5, 5.41) is 3.55. The van der Waals surface area contributed by atoms with E-state index in [1.165, 1.54) is 11.2 Å². The lowest BCUT2D eigenvalue weighted by Crippen LogP contribution is -2.45. The van der Waals surface area contributed by atoms with Crippen LogP contribution in [-0.4, -0.2) is 43.7 Å². The van der Waals surface area contributed by atoms with Crippen molar-refractivity contribution in [2.24, 2.45) is 5.92 Å². The Morgan fingerprint density at radius 3 is 2.58 bits per heavy atom. The highest BCUT2D eigenvalue weighted by molar-refractivity contribution is 7.89. The molecule has 2 aromatic carbocycles. The minimum Gasteiger partial charge on any atom is -0.352 e. The number of piperidine rings is 1. The molecule has 0 aliphatic carbocycles. The van der Waals surface area contributed by atoms with Crippen molar-refractivity contribution in [3.8, 4) is 0 Å². The molecule has 2 amide bonds. The van der Waals surface area contributed by atoms with Crippen molar-refractivity contribution in [3.05, 3.63) is 58.6 Å². The minimum atomic E-state index is -3.74. The van der Waals surface area contributed by atoms with E-state index in [-0.39, 0.29) is 29.3 Å². The van der Waals surface area contributed by atoms with Crippen molar-refractivity contribution < 1.29 is 18.0 Å². The van der Waals surface area contributed by atoms with Gasteiger partial charge in [-0.25, -0.2) is 8.42 Å².